The summed E-state index contributed by atoms with van der Waals surface area (Å²) < 4.78 is 67.4. The number of hydrogen-bond donors (Lipinski definition) is 1. The quantitative estimate of drug-likeness (QED) is 0.304. The van der Waals surface area contributed by atoms with E-state index in [1.54, 1.807) is 18.2 Å². The van der Waals surface area contributed by atoms with Crippen LogP contribution in [0.5, 0.6) is 0 Å². The Kier molecular flexibility index (Phi) is 4.52. The van der Waals surface area contributed by atoms with Crippen molar-refractivity contribution in [1.82, 2.24) is 24.5 Å². The molecule has 6 nitrogen and oxygen atoms in total. The number of hydrogen-bond acceptors (Lipinski definition) is 4. The molecule has 4 heterocycles. The van der Waals surface area contributed by atoms with E-state index < -0.39 is 29.5 Å². The van der Waals surface area contributed by atoms with Crippen LogP contribution in [0.3, 0.4) is 0 Å². The lowest BCUT2D eigenvalue weighted by atomic mass is 10.0. The number of alkyl halides is 3. The second-order valence-electron chi connectivity index (χ2n) is 7.31. The number of fused-ring (bicyclic) bond motifs is 3. The fourth-order valence-electron chi connectivity index (χ4n) is 3.70. The molecule has 0 atom stereocenters. The van der Waals surface area contributed by atoms with E-state index in [1.807, 2.05) is 0 Å². The van der Waals surface area contributed by atoms with Gasteiger partial charge in [-0.3, -0.25) is 9.55 Å². The van der Waals surface area contributed by atoms with Crippen molar-refractivity contribution in [3.05, 3.63) is 76.7 Å². The van der Waals surface area contributed by atoms with Gasteiger partial charge in [-0.25, -0.2) is 9.78 Å². The van der Waals surface area contributed by atoms with Gasteiger partial charge in [0, 0.05) is 29.8 Å². The van der Waals surface area contributed by atoms with Crippen molar-refractivity contribution in [2.45, 2.75) is 6.18 Å². The average molecular weight is 457 g/mol. The number of pyridine rings is 3. The molecule has 0 unspecified atom stereocenters. The Hall–Kier alpha value is -4.15. The predicted octanol–water partition coefficient (Wildman–Crippen LogP) is 4.84. The van der Waals surface area contributed by atoms with Crippen molar-refractivity contribution in [1.29, 1.82) is 0 Å². The van der Waals surface area contributed by atoms with Gasteiger partial charge in [0.25, 0.3) is 0 Å². The second kappa shape index (κ2) is 7.19. The summed E-state index contributed by atoms with van der Waals surface area (Å²) in [6.45, 7) is 0. The fourth-order valence-corrected chi connectivity index (χ4v) is 3.70. The van der Waals surface area contributed by atoms with Gasteiger partial charge in [0.05, 0.1) is 22.2 Å². The van der Waals surface area contributed by atoms with Gasteiger partial charge in [-0.1, -0.05) is 6.07 Å². The number of nitrogens with one attached hydrogen (secondary N) is 1. The Morgan fingerprint density at radius 1 is 0.970 bits per heavy atom. The molecule has 166 valence electrons. The molecule has 0 fully saturated rings. The maximum atomic E-state index is 14.2. The molecule has 0 amide bonds. The first-order valence-electron chi connectivity index (χ1n) is 9.52. The zero-order valence-electron chi connectivity index (χ0n) is 16.7. The molecule has 33 heavy (non-hydrogen) atoms. The second-order valence-corrected chi connectivity index (χ2v) is 7.31. The van der Waals surface area contributed by atoms with E-state index in [0.29, 0.717) is 27.5 Å². The van der Waals surface area contributed by atoms with Gasteiger partial charge >= 0.3 is 11.9 Å². The average Bonchev–Trinajstić information content (AvgIpc) is 3.07. The first kappa shape index (κ1) is 20.7. The standard InChI is InChI=1S/C22H12F5N5O/c1-32-19-17(11-3-6-15(28-9-11)22(25,26)27)29-14-5-2-10(8-13(14)18(19)31-21(32)33)12-4-7-16(23)30-20(12)24/h2-9H,1H3,(H,31,33). The van der Waals surface area contributed by atoms with Crippen LogP contribution in [-0.2, 0) is 13.2 Å². The van der Waals surface area contributed by atoms with Crippen LogP contribution in [0.25, 0.3) is 44.3 Å². The minimum atomic E-state index is -4.59. The molecule has 0 saturated carbocycles. The van der Waals surface area contributed by atoms with Crippen molar-refractivity contribution < 1.29 is 22.0 Å². The molecule has 4 aromatic heterocycles. The smallest absolute Gasteiger partial charge is 0.305 e. The number of aryl methyl sites for hydroxylation is 1. The molecule has 0 aliphatic rings. The molecular weight excluding hydrogens is 445 g/mol. The van der Waals surface area contributed by atoms with E-state index in [1.165, 1.54) is 23.7 Å². The Labute approximate surface area is 181 Å². The topological polar surface area (TPSA) is 76.5 Å². The lowest BCUT2D eigenvalue weighted by molar-refractivity contribution is -0.141. The van der Waals surface area contributed by atoms with Crippen LogP contribution in [0.2, 0.25) is 0 Å². The maximum absolute atomic E-state index is 14.2. The molecule has 1 N–H and O–H groups in total. The summed E-state index contributed by atoms with van der Waals surface area (Å²) in [7, 11) is 1.49. The van der Waals surface area contributed by atoms with Crippen LogP contribution in [0, 0.1) is 11.9 Å². The summed E-state index contributed by atoms with van der Waals surface area (Å²) in [6.07, 6.45) is -3.55. The first-order valence-corrected chi connectivity index (χ1v) is 9.52. The van der Waals surface area contributed by atoms with Crippen LogP contribution in [0.1, 0.15) is 5.69 Å². The van der Waals surface area contributed by atoms with E-state index in [-0.39, 0.29) is 16.8 Å². The van der Waals surface area contributed by atoms with E-state index >= 15 is 0 Å². The van der Waals surface area contributed by atoms with E-state index in [0.717, 1.165) is 18.3 Å². The molecule has 0 saturated heterocycles. The van der Waals surface area contributed by atoms with Gasteiger partial charge in [0.2, 0.25) is 11.9 Å². The van der Waals surface area contributed by atoms with Crippen LogP contribution in [0.4, 0.5) is 22.0 Å². The monoisotopic (exact) mass is 457 g/mol. The van der Waals surface area contributed by atoms with Gasteiger partial charge in [-0.05, 0) is 42.0 Å². The third-order valence-corrected chi connectivity index (χ3v) is 5.28. The van der Waals surface area contributed by atoms with E-state index in [2.05, 4.69) is 19.9 Å². The molecule has 1 aromatic carbocycles. The fraction of sp³-hybridized carbons (Fsp3) is 0.0909. The molecule has 0 spiro atoms. The molecule has 0 aliphatic carbocycles. The van der Waals surface area contributed by atoms with Gasteiger partial charge < -0.3 is 4.98 Å². The highest BCUT2D eigenvalue weighted by Gasteiger charge is 2.32. The summed E-state index contributed by atoms with van der Waals surface area (Å²) in [6, 6.07) is 9.04. The Bertz CT molecular complexity index is 1600. The van der Waals surface area contributed by atoms with Gasteiger partial charge in [0.15, 0.2) is 0 Å². The van der Waals surface area contributed by atoms with Crippen LogP contribution >= 0.6 is 0 Å². The first-order chi connectivity index (χ1) is 15.6. The summed E-state index contributed by atoms with van der Waals surface area (Å²) in [5.74, 6) is -1.95. The van der Waals surface area contributed by atoms with Crippen molar-refractivity contribution in [3.8, 4) is 22.4 Å². The number of rotatable bonds is 2. The SMILES string of the molecule is Cn1c(=O)[nH]c2c3cc(-c4ccc(F)nc4F)ccc3nc(-c3ccc(C(F)(F)F)nc3)c21. The van der Waals surface area contributed by atoms with Crippen LogP contribution in [0.15, 0.2) is 53.5 Å². The van der Waals surface area contributed by atoms with Crippen molar-refractivity contribution >= 4 is 21.9 Å². The number of nitrogens with zero attached hydrogens (tertiary/aromatic N) is 4. The van der Waals surface area contributed by atoms with Crippen LogP contribution < -0.4 is 5.69 Å². The van der Waals surface area contributed by atoms with Gasteiger partial charge in [-0.15, -0.1) is 0 Å². The summed E-state index contributed by atoms with van der Waals surface area (Å²) in [5, 5.41) is 0.465. The molecule has 11 heteroatoms. The largest absolute Gasteiger partial charge is 0.433 e. The highest BCUT2D eigenvalue weighted by Crippen LogP contribution is 2.34. The van der Waals surface area contributed by atoms with Crippen LogP contribution in [-0.4, -0.2) is 24.5 Å². The number of aromatic nitrogens is 5. The lowest BCUT2D eigenvalue weighted by Crippen LogP contribution is -2.12. The molecular formula is C22H12F5N5O. The minimum Gasteiger partial charge on any atom is -0.305 e. The predicted molar refractivity (Wildman–Crippen MR) is 110 cm³/mol. The zero-order valence-corrected chi connectivity index (χ0v) is 16.7. The lowest BCUT2D eigenvalue weighted by Gasteiger charge is -2.11. The highest BCUT2D eigenvalue weighted by atomic mass is 19.4. The number of H-pyrrole nitrogens is 1. The number of benzene rings is 1. The number of imidazole rings is 1. The van der Waals surface area contributed by atoms with Crippen molar-refractivity contribution in [2.75, 3.05) is 0 Å². The highest BCUT2D eigenvalue weighted by molar-refractivity contribution is 6.08. The normalized spacial score (nSPS) is 12.1. The third-order valence-electron chi connectivity index (χ3n) is 5.28. The summed E-state index contributed by atoms with van der Waals surface area (Å²) >= 11 is 0. The minimum absolute atomic E-state index is 0.0562. The number of aromatic amines is 1. The van der Waals surface area contributed by atoms with Gasteiger partial charge in [0.1, 0.15) is 5.69 Å². The summed E-state index contributed by atoms with van der Waals surface area (Å²) in [5.41, 5.74) is 0.544. The maximum Gasteiger partial charge on any atom is 0.433 e. The molecule has 5 rings (SSSR count). The van der Waals surface area contributed by atoms with Crippen molar-refractivity contribution in [3.63, 3.8) is 0 Å². The summed E-state index contributed by atoms with van der Waals surface area (Å²) in [4.78, 5) is 26.3. The third kappa shape index (κ3) is 3.41. The Morgan fingerprint density at radius 2 is 1.73 bits per heavy atom. The van der Waals surface area contributed by atoms with E-state index in [4.69, 9.17) is 0 Å². The molecule has 0 aliphatic heterocycles. The van der Waals surface area contributed by atoms with Gasteiger partial charge in [-0.2, -0.15) is 26.9 Å². The Balaban J connectivity index is 1.76. The van der Waals surface area contributed by atoms with Crippen molar-refractivity contribution in [2.24, 2.45) is 7.05 Å². The zero-order chi connectivity index (χ0) is 23.5. The molecule has 5 aromatic rings. The molecule has 0 bridgehead atoms. The van der Waals surface area contributed by atoms with E-state index in [9.17, 15) is 26.7 Å². The molecule has 0 radical (unpaired) electrons. The Morgan fingerprint density at radius 3 is 2.39 bits per heavy atom. The number of halogens is 5.